The molecule has 3 atom stereocenters. The Morgan fingerprint density at radius 1 is 1.18 bits per heavy atom. The van der Waals surface area contributed by atoms with Crippen LogP contribution in [0.1, 0.15) is 60.7 Å². The number of esters is 1. The van der Waals surface area contributed by atoms with Crippen LogP contribution < -0.4 is 0 Å². The molecule has 0 spiro atoms. The van der Waals surface area contributed by atoms with Crippen molar-refractivity contribution in [2.45, 2.75) is 46.1 Å². The van der Waals surface area contributed by atoms with E-state index in [9.17, 15) is 14.7 Å². The van der Waals surface area contributed by atoms with Crippen LogP contribution in [0.5, 0.6) is 0 Å². The lowest BCUT2D eigenvalue weighted by molar-refractivity contribution is -0.0176. The van der Waals surface area contributed by atoms with Gasteiger partial charge in [-0.1, -0.05) is 39.3 Å². The third kappa shape index (κ3) is 3.67. The van der Waals surface area contributed by atoms with Crippen molar-refractivity contribution >= 4 is 11.9 Å². The molecule has 2 rings (SSSR count). The minimum Gasteiger partial charge on any atom is -0.478 e. The van der Waals surface area contributed by atoms with Gasteiger partial charge in [0.15, 0.2) is 0 Å². The Labute approximate surface area is 131 Å². The highest BCUT2D eigenvalue weighted by Gasteiger charge is 2.34. The zero-order chi connectivity index (χ0) is 16.3. The smallest absolute Gasteiger partial charge is 0.339 e. The first-order chi connectivity index (χ1) is 10.4. The van der Waals surface area contributed by atoms with Crippen LogP contribution in [0.4, 0.5) is 0 Å². The zero-order valence-corrected chi connectivity index (χ0v) is 13.4. The third-order valence-corrected chi connectivity index (χ3v) is 4.60. The number of carboxylic acid groups (broad SMARTS) is 1. The van der Waals surface area contributed by atoms with Crippen molar-refractivity contribution in [1.82, 2.24) is 0 Å². The molecule has 120 valence electrons. The Hall–Kier alpha value is -1.84. The summed E-state index contributed by atoms with van der Waals surface area (Å²) >= 11 is 0. The highest BCUT2D eigenvalue weighted by atomic mass is 16.5. The van der Waals surface area contributed by atoms with Crippen LogP contribution in [0.3, 0.4) is 0 Å². The normalized spacial score (nSPS) is 25.0. The summed E-state index contributed by atoms with van der Waals surface area (Å²) in [5.41, 5.74) is 0.133. The van der Waals surface area contributed by atoms with Gasteiger partial charge in [0, 0.05) is 0 Å². The van der Waals surface area contributed by atoms with Gasteiger partial charge in [0.25, 0.3) is 0 Å². The zero-order valence-electron chi connectivity index (χ0n) is 13.4. The van der Waals surface area contributed by atoms with E-state index >= 15 is 0 Å². The first kappa shape index (κ1) is 16.5. The van der Waals surface area contributed by atoms with E-state index < -0.39 is 11.9 Å². The number of hydrogen-bond donors (Lipinski definition) is 1. The first-order valence-electron chi connectivity index (χ1n) is 7.93. The summed E-state index contributed by atoms with van der Waals surface area (Å²) in [7, 11) is 0. The molecule has 1 saturated carbocycles. The number of benzene rings is 1. The highest BCUT2D eigenvalue weighted by molar-refractivity contribution is 6.02. The van der Waals surface area contributed by atoms with Gasteiger partial charge in [-0.25, -0.2) is 9.59 Å². The predicted molar refractivity (Wildman–Crippen MR) is 83.9 cm³/mol. The van der Waals surface area contributed by atoms with E-state index in [1.165, 1.54) is 12.1 Å². The van der Waals surface area contributed by atoms with Crippen molar-refractivity contribution in [3.05, 3.63) is 35.4 Å². The fourth-order valence-electron chi connectivity index (χ4n) is 3.30. The van der Waals surface area contributed by atoms with Gasteiger partial charge in [0.05, 0.1) is 11.1 Å². The number of carboxylic acids is 1. The van der Waals surface area contributed by atoms with Crippen LogP contribution >= 0.6 is 0 Å². The molecule has 4 heteroatoms. The molecule has 1 fully saturated rings. The lowest BCUT2D eigenvalue weighted by Crippen LogP contribution is -2.36. The van der Waals surface area contributed by atoms with Gasteiger partial charge >= 0.3 is 11.9 Å². The summed E-state index contributed by atoms with van der Waals surface area (Å²) in [5, 5.41) is 9.19. The van der Waals surface area contributed by atoms with E-state index in [-0.39, 0.29) is 17.2 Å². The van der Waals surface area contributed by atoms with Crippen LogP contribution in [-0.4, -0.2) is 23.1 Å². The highest BCUT2D eigenvalue weighted by Crippen LogP contribution is 2.35. The molecule has 1 N–H and O–H groups in total. The van der Waals surface area contributed by atoms with E-state index in [1.807, 2.05) is 0 Å². The quantitative estimate of drug-likeness (QED) is 0.854. The van der Waals surface area contributed by atoms with E-state index in [0.29, 0.717) is 17.8 Å². The van der Waals surface area contributed by atoms with Crippen molar-refractivity contribution in [1.29, 1.82) is 0 Å². The molecule has 0 heterocycles. The van der Waals surface area contributed by atoms with Crippen molar-refractivity contribution < 1.29 is 19.4 Å². The molecular formula is C18H24O4. The third-order valence-electron chi connectivity index (χ3n) is 4.60. The number of aromatic carboxylic acids is 1. The molecule has 1 aromatic carbocycles. The number of rotatable bonds is 4. The van der Waals surface area contributed by atoms with Gasteiger partial charge in [-0.15, -0.1) is 0 Å². The molecule has 0 radical (unpaired) electrons. The average Bonchev–Trinajstić information content (AvgIpc) is 2.46. The summed E-state index contributed by atoms with van der Waals surface area (Å²) in [4.78, 5) is 23.7. The van der Waals surface area contributed by atoms with Gasteiger partial charge in [0.2, 0.25) is 0 Å². The van der Waals surface area contributed by atoms with Crippen molar-refractivity contribution in [2.75, 3.05) is 0 Å². The van der Waals surface area contributed by atoms with E-state index in [1.54, 1.807) is 12.1 Å². The molecule has 0 bridgehead atoms. The van der Waals surface area contributed by atoms with Crippen LogP contribution in [-0.2, 0) is 4.74 Å². The van der Waals surface area contributed by atoms with Crippen molar-refractivity contribution in [3.8, 4) is 0 Å². The van der Waals surface area contributed by atoms with Crippen molar-refractivity contribution in [3.63, 3.8) is 0 Å². The second-order valence-corrected chi connectivity index (χ2v) is 6.62. The molecule has 1 aliphatic carbocycles. The molecule has 0 saturated heterocycles. The van der Waals surface area contributed by atoms with Crippen LogP contribution in [0.2, 0.25) is 0 Å². The number of ether oxygens (including phenoxy) is 1. The molecule has 1 aliphatic rings. The van der Waals surface area contributed by atoms with E-state index in [4.69, 9.17) is 4.74 Å². The van der Waals surface area contributed by atoms with Crippen LogP contribution in [0.25, 0.3) is 0 Å². The van der Waals surface area contributed by atoms with E-state index in [2.05, 4.69) is 20.8 Å². The summed E-state index contributed by atoms with van der Waals surface area (Å²) < 4.78 is 5.71. The summed E-state index contributed by atoms with van der Waals surface area (Å²) in [6.07, 6.45) is 2.93. The van der Waals surface area contributed by atoms with Crippen LogP contribution in [0.15, 0.2) is 24.3 Å². The van der Waals surface area contributed by atoms with Gasteiger partial charge in [-0.05, 0) is 42.7 Å². The molecule has 1 aromatic rings. The Morgan fingerprint density at radius 3 is 2.41 bits per heavy atom. The lowest BCUT2D eigenvalue weighted by atomic mass is 9.75. The minimum atomic E-state index is -1.11. The van der Waals surface area contributed by atoms with Gasteiger partial charge in [-0.3, -0.25) is 0 Å². The summed E-state index contributed by atoms with van der Waals surface area (Å²) in [6, 6.07) is 6.22. The second kappa shape index (κ2) is 6.95. The van der Waals surface area contributed by atoms with Crippen molar-refractivity contribution in [2.24, 2.45) is 17.8 Å². The lowest BCUT2D eigenvalue weighted by Gasteiger charge is -2.36. The maximum absolute atomic E-state index is 12.4. The van der Waals surface area contributed by atoms with Gasteiger partial charge in [0.1, 0.15) is 6.10 Å². The molecule has 1 unspecified atom stereocenters. The minimum absolute atomic E-state index is 0.00236. The Bertz CT molecular complexity index is 550. The predicted octanol–water partition coefficient (Wildman–Crippen LogP) is 4.00. The second-order valence-electron chi connectivity index (χ2n) is 6.62. The Morgan fingerprint density at radius 2 is 1.82 bits per heavy atom. The fraction of sp³-hybridized carbons (Fsp3) is 0.556. The maximum Gasteiger partial charge on any atom is 0.339 e. The van der Waals surface area contributed by atoms with Gasteiger partial charge in [-0.2, -0.15) is 0 Å². The number of carbonyl (C=O) groups excluding carboxylic acids is 1. The van der Waals surface area contributed by atoms with E-state index in [0.717, 1.165) is 19.3 Å². The monoisotopic (exact) mass is 304 g/mol. The van der Waals surface area contributed by atoms with Crippen LogP contribution in [0, 0.1) is 17.8 Å². The maximum atomic E-state index is 12.4. The SMILES string of the molecule is CC(C)[C@H]1CC[C@H](C)CC1OC(=O)c1ccccc1C(=O)O. The topological polar surface area (TPSA) is 63.6 Å². The molecule has 0 aliphatic heterocycles. The number of hydrogen-bond acceptors (Lipinski definition) is 3. The Kier molecular flexibility index (Phi) is 5.22. The largest absolute Gasteiger partial charge is 0.478 e. The molecule has 0 amide bonds. The average molecular weight is 304 g/mol. The summed E-state index contributed by atoms with van der Waals surface area (Å²) in [5.74, 6) is -0.313. The molecule has 22 heavy (non-hydrogen) atoms. The Balaban J connectivity index is 2.18. The molecular weight excluding hydrogens is 280 g/mol. The summed E-state index contributed by atoms with van der Waals surface area (Å²) in [6.45, 7) is 6.46. The van der Waals surface area contributed by atoms with Gasteiger partial charge < -0.3 is 9.84 Å². The fourth-order valence-corrected chi connectivity index (χ4v) is 3.30. The standard InChI is InChI=1S/C18H24O4/c1-11(2)13-9-8-12(3)10-16(13)22-18(21)15-7-5-4-6-14(15)17(19)20/h4-7,11-13,16H,8-10H2,1-3H3,(H,19,20)/t12-,13+,16?/m0/s1. The molecule has 4 nitrogen and oxygen atoms in total. The number of carbonyl (C=O) groups is 2. The molecule has 0 aromatic heterocycles. The first-order valence-corrected chi connectivity index (χ1v) is 7.93.